The minimum Gasteiger partial charge on any atom is -0.483 e. The predicted octanol–water partition coefficient (Wildman–Crippen LogP) is 2.59. The zero-order chi connectivity index (χ0) is 20.1. The molecule has 1 aliphatic rings. The molecule has 0 spiro atoms. The Hall–Kier alpha value is -3.15. The number of para-hydroxylation sites is 1. The number of ether oxygens (including phenoxy) is 1. The largest absolute Gasteiger partial charge is 0.483 e. The standard InChI is InChI=1S/C22H24N2O4/c1-15-4-3-5-16(2)22(15)28-13-21(27)23-10-8-20(26)18-6-7-19-17(12-18)9-11-24(19)14-25/h3-7,12,14H,8-11,13H2,1-2H3,(H,23,27). The highest BCUT2D eigenvalue weighted by Gasteiger charge is 2.19. The number of fused-ring (bicyclic) bond motifs is 1. The van der Waals surface area contributed by atoms with Crippen LogP contribution in [0.5, 0.6) is 5.75 Å². The van der Waals surface area contributed by atoms with Gasteiger partial charge in [-0.05, 0) is 55.2 Å². The van der Waals surface area contributed by atoms with Crippen LogP contribution in [0.3, 0.4) is 0 Å². The van der Waals surface area contributed by atoms with E-state index in [1.54, 1.807) is 17.0 Å². The van der Waals surface area contributed by atoms with Crippen LogP contribution in [0.25, 0.3) is 0 Å². The fourth-order valence-corrected chi connectivity index (χ4v) is 3.39. The van der Waals surface area contributed by atoms with Crippen molar-refractivity contribution in [2.45, 2.75) is 26.7 Å². The van der Waals surface area contributed by atoms with Crippen LogP contribution in [0.1, 0.15) is 33.5 Å². The average molecular weight is 380 g/mol. The highest BCUT2D eigenvalue weighted by Crippen LogP contribution is 2.28. The van der Waals surface area contributed by atoms with E-state index < -0.39 is 0 Å². The maximum Gasteiger partial charge on any atom is 0.257 e. The molecule has 0 saturated heterocycles. The van der Waals surface area contributed by atoms with Gasteiger partial charge in [0.1, 0.15) is 5.75 Å². The summed E-state index contributed by atoms with van der Waals surface area (Å²) in [6.45, 7) is 4.69. The molecule has 2 aromatic carbocycles. The van der Waals surface area contributed by atoms with Crippen molar-refractivity contribution in [3.63, 3.8) is 0 Å². The number of nitrogens with zero attached hydrogens (tertiary/aromatic N) is 1. The molecule has 0 aromatic heterocycles. The van der Waals surface area contributed by atoms with Crippen LogP contribution in [0, 0.1) is 13.8 Å². The normalized spacial score (nSPS) is 12.4. The number of aryl methyl sites for hydroxylation is 2. The summed E-state index contributed by atoms with van der Waals surface area (Å²) < 4.78 is 5.61. The van der Waals surface area contributed by atoms with Crippen LogP contribution in [0.4, 0.5) is 5.69 Å². The molecular weight excluding hydrogens is 356 g/mol. The Kier molecular flexibility index (Phi) is 6.09. The second-order valence-electron chi connectivity index (χ2n) is 6.93. The number of carbonyl (C=O) groups excluding carboxylic acids is 3. The van der Waals surface area contributed by atoms with Gasteiger partial charge in [0, 0.05) is 30.8 Å². The number of amides is 2. The Bertz CT molecular complexity index is 887. The molecule has 0 bridgehead atoms. The van der Waals surface area contributed by atoms with Gasteiger partial charge in [0.2, 0.25) is 6.41 Å². The Morgan fingerprint density at radius 1 is 1.18 bits per heavy atom. The zero-order valence-electron chi connectivity index (χ0n) is 16.2. The Labute approximate surface area is 164 Å². The van der Waals surface area contributed by atoms with Gasteiger partial charge in [-0.3, -0.25) is 14.4 Å². The van der Waals surface area contributed by atoms with Gasteiger partial charge in [-0.2, -0.15) is 0 Å². The molecule has 28 heavy (non-hydrogen) atoms. The van der Waals surface area contributed by atoms with Crippen LogP contribution in [0.15, 0.2) is 36.4 Å². The number of benzene rings is 2. The van der Waals surface area contributed by atoms with Crippen LogP contribution in [-0.2, 0) is 16.0 Å². The maximum absolute atomic E-state index is 12.4. The summed E-state index contributed by atoms with van der Waals surface area (Å²) in [7, 11) is 0. The first-order valence-corrected chi connectivity index (χ1v) is 9.33. The van der Waals surface area contributed by atoms with Crippen molar-refractivity contribution in [1.82, 2.24) is 5.32 Å². The van der Waals surface area contributed by atoms with Crippen LogP contribution >= 0.6 is 0 Å². The minimum atomic E-state index is -0.258. The SMILES string of the molecule is Cc1cccc(C)c1OCC(=O)NCCC(=O)c1ccc2c(c1)CCN2C=O. The molecule has 0 unspecified atom stereocenters. The number of carbonyl (C=O) groups is 3. The number of rotatable bonds is 8. The molecule has 6 nitrogen and oxygen atoms in total. The van der Waals surface area contributed by atoms with E-state index in [2.05, 4.69) is 5.32 Å². The number of nitrogens with one attached hydrogen (secondary N) is 1. The number of ketones is 1. The van der Waals surface area contributed by atoms with E-state index in [9.17, 15) is 14.4 Å². The molecule has 1 aliphatic heterocycles. The summed E-state index contributed by atoms with van der Waals surface area (Å²) in [5.41, 5.74) is 4.43. The lowest BCUT2D eigenvalue weighted by atomic mass is 10.0. The highest BCUT2D eigenvalue weighted by atomic mass is 16.5. The fourth-order valence-electron chi connectivity index (χ4n) is 3.39. The second-order valence-corrected chi connectivity index (χ2v) is 6.93. The van der Waals surface area contributed by atoms with Gasteiger partial charge in [-0.15, -0.1) is 0 Å². The van der Waals surface area contributed by atoms with Crippen LogP contribution < -0.4 is 15.0 Å². The van der Waals surface area contributed by atoms with Crippen molar-refractivity contribution in [2.75, 3.05) is 24.6 Å². The maximum atomic E-state index is 12.4. The third-order valence-electron chi connectivity index (χ3n) is 4.89. The first kappa shape index (κ1) is 19.6. The van der Waals surface area contributed by atoms with Crippen molar-refractivity contribution >= 4 is 23.8 Å². The molecule has 0 fully saturated rings. The molecule has 2 aromatic rings. The second kappa shape index (κ2) is 8.69. The molecule has 1 heterocycles. The van der Waals surface area contributed by atoms with Crippen molar-refractivity contribution in [3.05, 3.63) is 58.7 Å². The summed E-state index contributed by atoms with van der Waals surface area (Å²) in [6.07, 6.45) is 1.77. The molecule has 6 heteroatoms. The van der Waals surface area contributed by atoms with Crippen LogP contribution in [-0.4, -0.2) is 37.8 Å². The topological polar surface area (TPSA) is 75.7 Å². The molecule has 1 N–H and O–H groups in total. The molecule has 0 radical (unpaired) electrons. The number of hydrogen-bond donors (Lipinski definition) is 1. The monoisotopic (exact) mass is 380 g/mol. The van der Waals surface area contributed by atoms with Crippen molar-refractivity contribution in [2.24, 2.45) is 0 Å². The summed E-state index contributed by atoms with van der Waals surface area (Å²) in [5, 5.41) is 2.72. The van der Waals surface area contributed by atoms with Crippen molar-refractivity contribution in [3.8, 4) is 5.75 Å². The van der Waals surface area contributed by atoms with Crippen LogP contribution in [0.2, 0.25) is 0 Å². The van der Waals surface area contributed by atoms with Crippen molar-refractivity contribution < 1.29 is 19.1 Å². The summed E-state index contributed by atoms with van der Waals surface area (Å²) >= 11 is 0. The molecule has 0 aliphatic carbocycles. The van der Waals surface area contributed by atoms with E-state index in [1.807, 2.05) is 38.1 Å². The molecule has 2 amide bonds. The summed E-state index contributed by atoms with van der Waals surface area (Å²) in [6, 6.07) is 11.2. The van der Waals surface area contributed by atoms with Gasteiger partial charge in [0.15, 0.2) is 12.4 Å². The average Bonchev–Trinajstić information content (AvgIpc) is 3.09. The van der Waals surface area contributed by atoms with Gasteiger partial charge in [0.25, 0.3) is 5.91 Å². The van der Waals surface area contributed by atoms with E-state index >= 15 is 0 Å². The third kappa shape index (κ3) is 4.39. The molecule has 0 atom stereocenters. The van der Waals surface area contributed by atoms with Gasteiger partial charge < -0.3 is 15.0 Å². The van der Waals surface area contributed by atoms with E-state index in [0.717, 1.165) is 41.0 Å². The Morgan fingerprint density at radius 2 is 1.93 bits per heavy atom. The first-order chi connectivity index (χ1) is 13.5. The Balaban J connectivity index is 1.46. The molecule has 0 saturated carbocycles. The Morgan fingerprint density at radius 3 is 2.64 bits per heavy atom. The lowest BCUT2D eigenvalue weighted by Crippen LogP contribution is -2.31. The van der Waals surface area contributed by atoms with Gasteiger partial charge in [-0.1, -0.05) is 18.2 Å². The highest BCUT2D eigenvalue weighted by molar-refractivity contribution is 5.97. The molecular formula is C22H24N2O4. The summed E-state index contributed by atoms with van der Waals surface area (Å²) in [4.78, 5) is 37.0. The number of Topliss-reactive ketones (excluding diaryl/α,β-unsaturated/α-hetero) is 1. The fraction of sp³-hybridized carbons (Fsp3) is 0.318. The van der Waals surface area contributed by atoms with Gasteiger partial charge >= 0.3 is 0 Å². The third-order valence-corrected chi connectivity index (χ3v) is 4.89. The van der Waals surface area contributed by atoms with E-state index in [-0.39, 0.29) is 31.3 Å². The number of hydrogen-bond acceptors (Lipinski definition) is 4. The first-order valence-electron chi connectivity index (χ1n) is 9.33. The van der Waals surface area contributed by atoms with Gasteiger partial charge in [0.05, 0.1) is 0 Å². The molecule has 3 rings (SSSR count). The van der Waals surface area contributed by atoms with Gasteiger partial charge in [-0.25, -0.2) is 0 Å². The lowest BCUT2D eigenvalue weighted by Gasteiger charge is -2.12. The van der Waals surface area contributed by atoms with E-state index in [4.69, 9.17) is 4.74 Å². The quantitative estimate of drug-likeness (QED) is 0.564. The predicted molar refractivity (Wildman–Crippen MR) is 107 cm³/mol. The number of anilines is 1. The van der Waals surface area contributed by atoms with Crippen molar-refractivity contribution in [1.29, 1.82) is 0 Å². The smallest absolute Gasteiger partial charge is 0.257 e. The lowest BCUT2D eigenvalue weighted by molar-refractivity contribution is -0.123. The summed E-state index contributed by atoms with van der Waals surface area (Å²) in [5.74, 6) is 0.422. The van der Waals surface area contributed by atoms with E-state index in [0.29, 0.717) is 12.1 Å². The zero-order valence-corrected chi connectivity index (χ0v) is 16.2. The minimum absolute atomic E-state index is 0.0386. The van der Waals surface area contributed by atoms with E-state index in [1.165, 1.54) is 0 Å². The molecule has 146 valence electrons.